The molecule has 0 spiro atoms. The van der Waals surface area contributed by atoms with Gasteiger partial charge in [0.2, 0.25) is 0 Å². The Morgan fingerprint density at radius 2 is 1.75 bits per heavy atom. The molecule has 3 rings (SSSR count). The molecule has 20 heavy (non-hydrogen) atoms. The molecular formula is C19H29N. The Kier molecular flexibility index (Phi) is 3.44. The van der Waals surface area contributed by atoms with Crippen LogP contribution >= 0.6 is 0 Å². The third-order valence-corrected chi connectivity index (χ3v) is 5.53. The van der Waals surface area contributed by atoms with Crippen molar-refractivity contribution in [3.63, 3.8) is 0 Å². The Morgan fingerprint density at radius 3 is 2.45 bits per heavy atom. The van der Waals surface area contributed by atoms with Crippen LogP contribution in [0.25, 0.3) is 0 Å². The first-order chi connectivity index (χ1) is 9.35. The van der Waals surface area contributed by atoms with Gasteiger partial charge in [-0.15, -0.1) is 0 Å². The number of aryl methyl sites for hydroxylation is 1. The molecule has 2 atom stereocenters. The summed E-state index contributed by atoms with van der Waals surface area (Å²) in [4.78, 5) is 2.76. The molecule has 0 aromatic heterocycles. The maximum Gasteiger partial charge on any atom is 0.0236 e. The van der Waals surface area contributed by atoms with Crippen molar-refractivity contribution in [2.45, 2.75) is 66.0 Å². The monoisotopic (exact) mass is 271 g/mol. The fourth-order valence-electron chi connectivity index (χ4n) is 4.26. The summed E-state index contributed by atoms with van der Waals surface area (Å²) in [5.74, 6) is 0. The van der Waals surface area contributed by atoms with Crippen molar-refractivity contribution in [3.8, 4) is 0 Å². The molecule has 0 amide bonds. The fourth-order valence-corrected chi connectivity index (χ4v) is 4.26. The highest BCUT2D eigenvalue weighted by Gasteiger charge is 2.45. The SMILES string of the molecule is Cc1ccc(CN2CC3(C)CCC(C)(C)CC2C3)cc1. The van der Waals surface area contributed by atoms with Crippen molar-refractivity contribution in [1.82, 2.24) is 4.90 Å². The lowest BCUT2D eigenvalue weighted by Crippen LogP contribution is -2.35. The number of nitrogens with zero attached hydrogens (tertiary/aromatic N) is 1. The van der Waals surface area contributed by atoms with E-state index in [9.17, 15) is 0 Å². The number of likely N-dealkylation sites (tertiary alicyclic amines) is 1. The van der Waals surface area contributed by atoms with Gasteiger partial charge in [0.15, 0.2) is 0 Å². The van der Waals surface area contributed by atoms with Gasteiger partial charge in [-0.2, -0.15) is 0 Å². The molecule has 2 aliphatic rings. The van der Waals surface area contributed by atoms with E-state index < -0.39 is 0 Å². The summed E-state index contributed by atoms with van der Waals surface area (Å²) in [6.07, 6.45) is 5.58. The first-order valence-electron chi connectivity index (χ1n) is 8.15. The lowest BCUT2D eigenvalue weighted by Gasteiger charge is -2.35. The van der Waals surface area contributed by atoms with Gasteiger partial charge in [0.05, 0.1) is 0 Å². The number of hydrogen-bond donors (Lipinski definition) is 0. The molecule has 1 aliphatic carbocycles. The second kappa shape index (κ2) is 4.87. The van der Waals surface area contributed by atoms with Crippen molar-refractivity contribution in [1.29, 1.82) is 0 Å². The topological polar surface area (TPSA) is 3.24 Å². The van der Waals surface area contributed by atoms with E-state index in [0.29, 0.717) is 10.8 Å². The van der Waals surface area contributed by atoms with Crippen LogP contribution in [0.1, 0.15) is 57.6 Å². The Morgan fingerprint density at radius 1 is 1.05 bits per heavy atom. The fraction of sp³-hybridized carbons (Fsp3) is 0.684. The smallest absolute Gasteiger partial charge is 0.0236 e. The standard InChI is InChI=1S/C19H29N/c1-15-5-7-16(8-6-15)13-20-14-19(4)10-9-18(2,3)11-17(20)12-19/h5-8,17H,9-14H2,1-4H3. The van der Waals surface area contributed by atoms with Gasteiger partial charge in [-0.25, -0.2) is 0 Å². The molecule has 1 heterocycles. The van der Waals surface area contributed by atoms with Crippen molar-refractivity contribution >= 4 is 0 Å². The Bertz CT molecular complexity index is 473. The zero-order valence-corrected chi connectivity index (χ0v) is 13.6. The third kappa shape index (κ3) is 2.93. The molecule has 2 unspecified atom stereocenters. The summed E-state index contributed by atoms with van der Waals surface area (Å²) in [6.45, 7) is 12.0. The average molecular weight is 271 g/mol. The van der Waals surface area contributed by atoms with Gasteiger partial charge in [0.1, 0.15) is 0 Å². The lowest BCUT2D eigenvalue weighted by atomic mass is 9.79. The zero-order valence-electron chi connectivity index (χ0n) is 13.6. The highest BCUT2D eigenvalue weighted by atomic mass is 15.2. The van der Waals surface area contributed by atoms with Gasteiger partial charge < -0.3 is 0 Å². The minimum Gasteiger partial charge on any atom is -0.296 e. The summed E-state index contributed by atoms with van der Waals surface area (Å²) in [5, 5.41) is 0. The van der Waals surface area contributed by atoms with Crippen LogP contribution in [0.3, 0.4) is 0 Å². The van der Waals surface area contributed by atoms with Gasteiger partial charge in [0, 0.05) is 19.1 Å². The lowest BCUT2D eigenvalue weighted by molar-refractivity contribution is 0.139. The van der Waals surface area contributed by atoms with Crippen molar-refractivity contribution < 1.29 is 0 Å². The van der Waals surface area contributed by atoms with Crippen molar-refractivity contribution in [3.05, 3.63) is 35.4 Å². The summed E-state index contributed by atoms with van der Waals surface area (Å²) >= 11 is 0. The Hall–Kier alpha value is -0.820. The molecule has 1 aromatic carbocycles. The van der Waals surface area contributed by atoms with E-state index in [1.165, 1.54) is 43.4 Å². The zero-order chi connectivity index (χ0) is 14.4. The average Bonchev–Trinajstić information content (AvgIpc) is 2.59. The maximum atomic E-state index is 2.76. The van der Waals surface area contributed by atoms with Crippen LogP contribution in [-0.2, 0) is 6.54 Å². The van der Waals surface area contributed by atoms with E-state index >= 15 is 0 Å². The molecule has 0 N–H and O–H groups in total. The highest BCUT2D eigenvalue weighted by molar-refractivity contribution is 5.21. The van der Waals surface area contributed by atoms with Crippen LogP contribution in [0.2, 0.25) is 0 Å². The number of rotatable bonds is 2. The van der Waals surface area contributed by atoms with E-state index in [1.807, 2.05) is 0 Å². The molecule has 1 nitrogen and oxygen atoms in total. The third-order valence-electron chi connectivity index (χ3n) is 5.53. The largest absolute Gasteiger partial charge is 0.296 e. The van der Waals surface area contributed by atoms with Gasteiger partial charge in [-0.3, -0.25) is 4.90 Å². The van der Waals surface area contributed by atoms with Gasteiger partial charge in [0.25, 0.3) is 0 Å². The quantitative estimate of drug-likeness (QED) is 0.748. The second-order valence-electron chi connectivity index (χ2n) is 8.43. The number of hydrogen-bond acceptors (Lipinski definition) is 1. The minimum atomic E-state index is 0.522. The van der Waals surface area contributed by atoms with E-state index in [2.05, 4.69) is 56.9 Å². The van der Waals surface area contributed by atoms with Crippen LogP contribution in [-0.4, -0.2) is 17.5 Å². The summed E-state index contributed by atoms with van der Waals surface area (Å²) < 4.78 is 0. The van der Waals surface area contributed by atoms with Crippen LogP contribution < -0.4 is 0 Å². The Balaban J connectivity index is 1.76. The first-order valence-corrected chi connectivity index (χ1v) is 8.15. The van der Waals surface area contributed by atoms with Crippen LogP contribution in [0.4, 0.5) is 0 Å². The number of fused-ring (bicyclic) bond motifs is 2. The molecular weight excluding hydrogens is 242 g/mol. The normalized spacial score (nSPS) is 33.1. The molecule has 0 radical (unpaired) electrons. The van der Waals surface area contributed by atoms with E-state index in [0.717, 1.165) is 12.6 Å². The molecule has 110 valence electrons. The summed E-state index contributed by atoms with van der Waals surface area (Å²) in [5.41, 5.74) is 3.92. The highest BCUT2D eigenvalue weighted by Crippen LogP contribution is 2.49. The molecule has 1 saturated heterocycles. The summed E-state index contributed by atoms with van der Waals surface area (Å²) in [6, 6.07) is 9.89. The van der Waals surface area contributed by atoms with Crippen molar-refractivity contribution in [2.75, 3.05) is 6.54 Å². The predicted molar refractivity (Wildman–Crippen MR) is 85.7 cm³/mol. The molecule has 2 fully saturated rings. The maximum absolute atomic E-state index is 2.76. The van der Waals surface area contributed by atoms with E-state index in [-0.39, 0.29) is 0 Å². The van der Waals surface area contributed by atoms with E-state index in [1.54, 1.807) is 0 Å². The molecule has 1 aliphatic heterocycles. The first kappa shape index (κ1) is 14.1. The summed E-state index contributed by atoms with van der Waals surface area (Å²) in [7, 11) is 0. The van der Waals surface area contributed by atoms with Crippen LogP contribution in [0.15, 0.2) is 24.3 Å². The van der Waals surface area contributed by atoms with Crippen LogP contribution in [0, 0.1) is 17.8 Å². The number of benzene rings is 1. The molecule has 1 saturated carbocycles. The van der Waals surface area contributed by atoms with Crippen molar-refractivity contribution in [2.24, 2.45) is 10.8 Å². The minimum absolute atomic E-state index is 0.522. The van der Waals surface area contributed by atoms with E-state index in [4.69, 9.17) is 0 Å². The second-order valence-corrected chi connectivity index (χ2v) is 8.43. The van der Waals surface area contributed by atoms with Gasteiger partial charge >= 0.3 is 0 Å². The molecule has 1 heteroatoms. The molecule has 2 bridgehead atoms. The van der Waals surface area contributed by atoms with Crippen LogP contribution in [0.5, 0.6) is 0 Å². The Labute approximate surface area is 124 Å². The van der Waals surface area contributed by atoms with Gasteiger partial charge in [-0.1, -0.05) is 50.6 Å². The molecule has 1 aromatic rings. The van der Waals surface area contributed by atoms with Gasteiger partial charge in [-0.05, 0) is 49.0 Å². The predicted octanol–water partition coefficient (Wildman–Crippen LogP) is 4.79.